The van der Waals surface area contributed by atoms with Crippen molar-refractivity contribution >= 4 is 5.95 Å². The maximum Gasteiger partial charge on any atom is 0.227 e. The number of hydrogen-bond donors (Lipinski definition) is 0. The van der Waals surface area contributed by atoms with Crippen molar-refractivity contribution in [2.24, 2.45) is 13.0 Å². The molecule has 6 heteroatoms. The molecule has 2 aliphatic heterocycles. The van der Waals surface area contributed by atoms with Crippen molar-refractivity contribution in [3.63, 3.8) is 0 Å². The van der Waals surface area contributed by atoms with Gasteiger partial charge in [-0.3, -0.25) is 4.57 Å². The van der Waals surface area contributed by atoms with E-state index >= 15 is 0 Å². The van der Waals surface area contributed by atoms with E-state index in [1.807, 2.05) is 0 Å². The zero-order valence-corrected chi connectivity index (χ0v) is 14.8. The lowest BCUT2D eigenvalue weighted by Crippen LogP contribution is -2.32. The molecule has 6 nitrogen and oxygen atoms in total. The number of hydrogen-bond acceptors (Lipinski definition) is 5. The Morgan fingerprint density at radius 1 is 1.04 bits per heavy atom. The van der Waals surface area contributed by atoms with Gasteiger partial charge in [0.25, 0.3) is 0 Å². The highest BCUT2D eigenvalue weighted by Crippen LogP contribution is 2.33. The number of rotatable bonds is 5. The van der Waals surface area contributed by atoms with Crippen LogP contribution in [0.5, 0.6) is 0 Å². The molecular formula is C18H30N4O2. The van der Waals surface area contributed by atoms with Crippen molar-refractivity contribution < 1.29 is 9.47 Å². The average Bonchev–Trinajstić information content (AvgIpc) is 3.34. The van der Waals surface area contributed by atoms with Crippen LogP contribution >= 0.6 is 0 Å². The molecule has 0 aromatic carbocycles. The Balaban J connectivity index is 1.42. The second-order valence-corrected chi connectivity index (χ2v) is 7.57. The van der Waals surface area contributed by atoms with E-state index in [4.69, 9.17) is 9.47 Å². The minimum Gasteiger partial charge on any atom is -0.376 e. The lowest BCUT2D eigenvalue weighted by atomic mass is 9.97. The predicted octanol–water partition coefficient (Wildman–Crippen LogP) is 2.84. The van der Waals surface area contributed by atoms with Crippen LogP contribution < -0.4 is 4.90 Å². The minimum atomic E-state index is -0.0791. The molecule has 0 spiro atoms. The van der Waals surface area contributed by atoms with Crippen molar-refractivity contribution in [1.29, 1.82) is 0 Å². The van der Waals surface area contributed by atoms with Crippen LogP contribution in [0.25, 0.3) is 0 Å². The van der Waals surface area contributed by atoms with Crippen molar-refractivity contribution in [2.75, 3.05) is 31.3 Å². The molecule has 0 radical (unpaired) electrons. The molecule has 24 heavy (non-hydrogen) atoms. The molecule has 0 amide bonds. The third-order valence-corrected chi connectivity index (χ3v) is 6.01. The maximum absolute atomic E-state index is 5.80. The van der Waals surface area contributed by atoms with Gasteiger partial charge in [-0.15, -0.1) is 10.2 Å². The third kappa shape index (κ3) is 3.31. The van der Waals surface area contributed by atoms with E-state index in [1.54, 1.807) is 0 Å². The van der Waals surface area contributed by atoms with E-state index < -0.39 is 0 Å². The van der Waals surface area contributed by atoms with Crippen LogP contribution in [0.2, 0.25) is 0 Å². The first-order valence-electron chi connectivity index (χ1n) is 9.68. The van der Waals surface area contributed by atoms with Gasteiger partial charge in [-0.2, -0.15) is 0 Å². The molecule has 134 valence electrons. The Hall–Kier alpha value is -1.14. The molecule has 3 fully saturated rings. The van der Waals surface area contributed by atoms with E-state index in [-0.39, 0.29) is 6.10 Å². The molecule has 2 saturated heterocycles. The molecule has 2 atom stereocenters. The fourth-order valence-corrected chi connectivity index (χ4v) is 4.63. The molecule has 1 saturated carbocycles. The first-order chi connectivity index (χ1) is 11.8. The third-order valence-electron chi connectivity index (χ3n) is 6.01. The maximum atomic E-state index is 5.80. The van der Waals surface area contributed by atoms with Gasteiger partial charge in [-0.25, -0.2) is 0 Å². The van der Waals surface area contributed by atoms with E-state index in [0.717, 1.165) is 24.2 Å². The van der Waals surface area contributed by atoms with Gasteiger partial charge in [0.05, 0.1) is 19.8 Å². The van der Waals surface area contributed by atoms with Crippen LogP contribution in [0.15, 0.2) is 0 Å². The lowest BCUT2D eigenvalue weighted by Gasteiger charge is -2.27. The van der Waals surface area contributed by atoms with Gasteiger partial charge < -0.3 is 14.4 Å². The van der Waals surface area contributed by atoms with Crippen molar-refractivity contribution in [3.05, 3.63) is 5.82 Å². The lowest BCUT2D eigenvalue weighted by molar-refractivity contribution is -0.0945. The molecule has 4 rings (SSSR count). The van der Waals surface area contributed by atoms with E-state index in [2.05, 4.69) is 26.7 Å². The second-order valence-electron chi connectivity index (χ2n) is 7.57. The summed E-state index contributed by atoms with van der Waals surface area (Å²) in [6, 6.07) is 0.630. The molecule has 2 unspecified atom stereocenters. The summed E-state index contributed by atoms with van der Waals surface area (Å²) in [4.78, 5) is 2.48. The van der Waals surface area contributed by atoms with Gasteiger partial charge in [-0.05, 0) is 31.6 Å². The van der Waals surface area contributed by atoms with E-state index in [0.29, 0.717) is 25.9 Å². The summed E-state index contributed by atoms with van der Waals surface area (Å²) in [5, 5.41) is 8.93. The molecule has 0 N–H and O–H groups in total. The Bertz CT molecular complexity index is 535. The van der Waals surface area contributed by atoms with Crippen LogP contribution in [-0.4, -0.2) is 47.2 Å². The number of nitrogens with zero attached hydrogens (tertiary/aromatic N) is 4. The standard InChI is InChI=1S/C18H30N4O2/c1-21-17(16-13-23-11-12-24-16)19-20-18(21)22-10-4-7-15(22)9-8-14-5-2-3-6-14/h14-16H,2-13H2,1H3. The molecular weight excluding hydrogens is 304 g/mol. The van der Waals surface area contributed by atoms with Crippen LogP contribution in [0.4, 0.5) is 5.95 Å². The zero-order chi connectivity index (χ0) is 16.4. The Morgan fingerprint density at radius 2 is 1.92 bits per heavy atom. The summed E-state index contributed by atoms with van der Waals surface area (Å²) in [6.07, 6.45) is 10.9. The molecule has 3 aliphatic rings. The first kappa shape index (κ1) is 16.3. The Labute approximate surface area is 144 Å². The monoisotopic (exact) mass is 334 g/mol. The van der Waals surface area contributed by atoms with Crippen LogP contribution in [0.1, 0.15) is 63.3 Å². The molecule has 1 aromatic rings. The van der Waals surface area contributed by atoms with Crippen molar-refractivity contribution in [2.45, 2.75) is 63.5 Å². The highest BCUT2D eigenvalue weighted by atomic mass is 16.6. The summed E-state index contributed by atoms with van der Waals surface area (Å²) in [5.74, 6) is 2.87. The predicted molar refractivity (Wildman–Crippen MR) is 92.1 cm³/mol. The normalized spacial score (nSPS) is 28.8. The van der Waals surface area contributed by atoms with Crippen molar-refractivity contribution in [3.8, 4) is 0 Å². The number of aromatic nitrogens is 3. The molecule has 3 heterocycles. The number of anilines is 1. The smallest absolute Gasteiger partial charge is 0.227 e. The topological polar surface area (TPSA) is 52.4 Å². The Kier molecular flexibility index (Phi) is 5.03. The first-order valence-corrected chi connectivity index (χ1v) is 9.68. The Morgan fingerprint density at radius 3 is 2.71 bits per heavy atom. The van der Waals surface area contributed by atoms with Crippen LogP contribution in [-0.2, 0) is 16.5 Å². The summed E-state index contributed by atoms with van der Waals surface area (Å²) in [6.45, 7) is 3.00. The fourth-order valence-electron chi connectivity index (χ4n) is 4.63. The fraction of sp³-hybridized carbons (Fsp3) is 0.889. The summed E-state index contributed by atoms with van der Waals surface area (Å²) >= 11 is 0. The van der Waals surface area contributed by atoms with Gasteiger partial charge in [0.15, 0.2) is 5.82 Å². The highest BCUT2D eigenvalue weighted by molar-refractivity contribution is 5.35. The summed E-state index contributed by atoms with van der Waals surface area (Å²) < 4.78 is 13.4. The summed E-state index contributed by atoms with van der Waals surface area (Å²) in [7, 11) is 2.06. The molecule has 0 bridgehead atoms. The summed E-state index contributed by atoms with van der Waals surface area (Å²) in [5.41, 5.74) is 0. The quantitative estimate of drug-likeness (QED) is 0.829. The average molecular weight is 334 g/mol. The molecule has 1 aromatic heterocycles. The van der Waals surface area contributed by atoms with Gasteiger partial charge in [0, 0.05) is 19.6 Å². The van der Waals surface area contributed by atoms with E-state index in [1.165, 1.54) is 51.4 Å². The van der Waals surface area contributed by atoms with E-state index in [9.17, 15) is 0 Å². The van der Waals surface area contributed by atoms with Gasteiger partial charge in [-0.1, -0.05) is 25.7 Å². The van der Waals surface area contributed by atoms with Gasteiger partial charge >= 0.3 is 0 Å². The minimum absolute atomic E-state index is 0.0791. The van der Waals surface area contributed by atoms with Gasteiger partial charge in [0.2, 0.25) is 5.95 Å². The zero-order valence-electron chi connectivity index (χ0n) is 14.8. The molecule has 1 aliphatic carbocycles. The van der Waals surface area contributed by atoms with Crippen LogP contribution in [0, 0.1) is 5.92 Å². The van der Waals surface area contributed by atoms with Crippen molar-refractivity contribution in [1.82, 2.24) is 14.8 Å². The van der Waals surface area contributed by atoms with Gasteiger partial charge in [0.1, 0.15) is 6.10 Å². The van der Waals surface area contributed by atoms with Crippen LogP contribution in [0.3, 0.4) is 0 Å². The largest absolute Gasteiger partial charge is 0.376 e. The number of ether oxygens (including phenoxy) is 2. The second kappa shape index (κ2) is 7.40. The highest BCUT2D eigenvalue weighted by Gasteiger charge is 2.31. The SMILES string of the molecule is Cn1c(C2COCCO2)nnc1N1CCCC1CCC1CCCC1.